The van der Waals surface area contributed by atoms with Crippen molar-refractivity contribution in [3.05, 3.63) is 64.7 Å². The van der Waals surface area contributed by atoms with Crippen LogP contribution in [-0.2, 0) is 11.3 Å². The molecule has 116 valence electrons. The summed E-state index contributed by atoms with van der Waals surface area (Å²) in [5, 5.41) is 2.91. The lowest BCUT2D eigenvalue weighted by atomic mass is 10.0. The van der Waals surface area contributed by atoms with E-state index in [4.69, 9.17) is 0 Å². The lowest BCUT2D eigenvalue weighted by Gasteiger charge is -2.11. The van der Waals surface area contributed by atoms with E-state index in [1.165, 1.54) is 12.1 Å². The number of pyridine rings is 1. The molecule has 1 heterocycles. The molecule has 0 aliphatic heterocycles. The van der Waals surface area contributed by atoms with Crippen molar-refractivity contribution in [3.63, 3.8) is 0 Å². The first-order valence-corrected chi connectivity index (χ1v) is 7.27. The Hall–Kier alpha value is -2.95. The largest absolute Gasteiger partial charge is 0.348 e. The Morgan fingerprint density at radius 3 is 2.57 bits per heavy atom. The summed E-state index contributed by atoms with van der Waals surface area (Å²) < 4.78 is 16.4. The number of rotatable bonds is 4. The quantitative estimate of drug-likeness (QED) is 0.751. The van der Waals surface area contributed by atoms with Crippen LogP contribution in [0.5, 0.6) is 0 Å². The van der Waals surface area contributed by atoms with Crippen LogP contribution in [0.3, 0.4) is 0 Å². The Bertz CT molecular complexity index is 930. The van der Waals surface area contributed by atoms with Gasteiger partial charge in [-0.3, -0.25) is 9.59 Å². The molecule has 0 atom stereocenters. The van der Waals surface area contributed by atoms with Crippen LogP contribution in [-0.4, -0.2) is 11.0 Å². The third kappa shape index (κ3) is 2.73. The van der Waals surface area contributed by atoms with Gasteiger partial charge in [-0.15, -0.1) is 0 Å². The number of benzene rings is 2. The molecular formula is C18H15FN2O2. The molecule has 1 aromatic heterocycles. The zero-order valence-electron chi connectivity index (χ0n) is 12.5. The number of aromatic nitrogens is 1. The minimum Gasteiger partial charge on any atom is -0.348 e. The third-order valence-corrected chi connectivity index (χ3v) is 3.83. The number of amides is 1. The lowest BCUT2D eigenvalue weighted by molar-refractivity contribution is -0.105. The van der Waals surface area contributed by atoms with Crippen LogP contribution in [0.15, 0.2) is 53.5 Å². The lowest BCUT2D eigenvalue weighted by Crippen LogP contribution is -2.08. The minimum atomic E-state index is -0.445. The van der Waals surface area contributed by atoms with Crippen molar-refractivity contribution in [2.75, 3.05) is 5.32 Å². The smallest absolute Gasteiger partial charge is 0.211 e. The Balaban J connectivity index is 2.19. The van der Waals surface area contributed by atoms with E-state index in [0.717, 1.165) is 0 Å². The van der Waals surface area contributed by atoms with E-state index in [1.807, 2.05) is 11.5 Å². The van der Waals surface area contributed by atoms with E-state index in [1.54, 1.807) is 36.5 Å². The molecule has 0 radical (unpaired) electrons. The molecule has 0 aliphatic carbocycles. The highest BCUT2D eigenvalue weighted by atomic mass is 19.1. The molecule has 0 fully saturated rings. The van der Waals surface area contributed by atoms with Gasteiger partial charge >= 0.3 is 0 Å². The summed E-state index contributed by atoms with van der Waals surface area (Å²) in [4.78, 5) is 22.4. The van der Waals surface area contributed by atoms with Gasteiger partial charge in [-0.05, 0) is 36.8 Å². The van der Waals surface area contributed by atoms with Crippen molar-refractivity contribution in [3.8, 4) is 11.1 Å². The summed E-state index contributed by atoms with van der Waals surface area (Å²) in [6.45, 7) is 2.65. The molecule has 0 bridgehead atoms. The van der Waals surface area contributed by atoms with E-state index >= 15 is 0 Å². The molecule has 1 amide bonds. The predicted octanol–water partition coefficient (Wildman–Crippen LogP) is 3.40. The van der Waals surface area contributed by atoms with Crippen LogP contribution >= 0.6 is 0 Å². The topological polar surface area (TPSA) is 51.1 Å². The molecule has 3 rings (SSSR count). The number of nitrogens with zero attached hydrogens (tertiary/aromatic N) is 1. The fourth-order valence-corrected chi connectivity index (χ4v) is 2.64. The summed E-state index contributed by atoms with van der Waals surface area (Å²) in [5.41, 5.74) is 2.24. The third-order valence-electron chi connectivity index (χ3n) is 3.83. The molecule has 1 N–H and O–H groups in total. The average Bonchev–Trinajstić information content (AvgIpc) is 2.56. The summed E-state index contributed by atoms with van der Waals surface area (Å²) >= 11 is 0. The number of halogens is 1. The SMILES string of the molecule is CCn1ccc(=O)c2cc(F)c(-c3ccc(NC=O)cc3)cc21. The van der Waals surface area contributed by atoms with E-state index in [-0.39, 0.29) is 5.43 Å². The van der Waals surface area contributed by atoms with Gasteiger partial charge in [0.15, 0.2) is 5.43 Å². The second-order valence-electron chi connectivity index (χ2n) is 5.15. The maximum absolute atomic E-state index is 14.4. The molecule has 0 saturated heterocycles. The van der Waals surface area contributed by atoms with E-state index < -0.39 is 5.82 Å². The van der Waals surface area contributed by atoms with Crippen LogP contribution in [0.1, 0.15) is 6.92 Å². The number of hydrogen-bond donors (Lipinski definition) is 1. The van der Waals surface area contributed by atoms with Crippen LogP contribution < -0.4 is 10.7 Å². The molecule has 2 aromatic carbocycles. The number of aryl methyl sites for hydroxylation is 1. The first kappa shape index (κ1) is 15.0. The van der Waals surface area contributed by atoms with Crippen molar-refractivity contribution in [2.24, 2.45) is 0 Å². The minimum absolute atomic E-state index is 0.194. The normalized spacial score (nSPS) is 10.7. The highest BCUT2D eigenvalue weighted by Crippen LogP contribution is 2.27. The molecule has 0 saturated carbocycles. The number of carbonyl (C=O) groups excluding carboxylic acids is 1. The molecule has 3 aromatic rings. The number of fused-ring (bicyclic) bond motifs is 1. The number of hydrogen-bond acceptors (Lipinski definition) is 2. The molecule has 0 aliphatic rings. The molecule has 0 unspecified atom stereocenters. The van der Waals surface area contributed by atoms with Gasteiger partial charge in [0.25, 0.3) is 0 Å². The number of nitrogens with one attached hydrogen (secondary N) is 1. The molecule has 0 spiro atoms. The Morgan fingerprint density at radius 2 is 1.91 bits per heavy atom. The van der Waals surface area contributed by atoms with E-state index in [0.29, 0.717) is 40.7 Å². The van der Waals surface area contributed by atoms with Gasteiger partial charge in [-0.25, -0.2) is 4.39 Å². The van der Waals surface area contributed by atoms with E-state index in [2.05, 4.69) is 5.32 Å². The predicted molar refractivity (Wildman–Crippen MR) is 89.0 cm³/mol. The first-order chi connectivity index (χ1) is 11.1. The van der Waals surface area contributed by atoms with Crippen molar-refractivity contribution in [1.29, 1.82) is 0 Å². The zero-order valence-corrected chi connectivity index (χ0v) is 12.5. The van der Waals surface area contributed by atoms with Crippen molar-refractivity contribution in [2.45, 2.75) is 13.5 Å². The van der Waals surface area contributed by atoms with Crippen LogP contribution in [0.4, 0.5) is 10.1 Å². The summed E-state index contributed by atoms with van der Waals surface area (Å²) in [6.07, 6.45) is 2.30. The summed E-state index contributed by atoms with van der Waals surface area (Å²) in [6, 6.07) is 11.3. The summed E-state index contributed by atoms with van der Waals surface area (Å²) in [5.74, 6) is -0.445. The van der Waals surface area contributed by atoms with Gasteiger partial charge in [0.1, 0.15) is 5.82 Å². The second kappa shape index (κ2) is 6.04. The summed E-state index contributed by atoms with van der Waals surface area (Å²) in [7, 11) is 0. The van der Waals surface area contributed by atoms with Gasteiger partial charge in [-0.1, -0.05) is 12.1 Å². The highest BCUT2D eigenvalue weighted by Gasteiger charge is 2.11. The fourth-order valence-electron chi connectivity index (χ4n) is 2.64. The maximum Gasteiger partial charge on any atom is 0.211 e. The fraction of sp³-hybridized carbons (Fsp3) is 0.111. The Morgan fingerprint density at radius 1 is 1.17 bits per heavy atom. The van der Waals surface area contributed by atoms with Crippen LogP contribution in [0.25, 0.3) is 22.0 Å². The Kier molecular flexibility index (Phi) is 3.93. The van der Waals surface area contributed by atoms with E-state index in [9.17, 15) is 14.0 Å². The van der Waals surface area contributed by atoms with Crippen molar-refractivity contribution < 1.29 is 9.18 Å². The number of carbonyl (C=O) groups is 1. The van der Waals surface area contributed by atoms with Gasteiger partial charge in [0.2, 0.25) is 6.41 Å². The van der Waals surface area contributed by atoms with Gasteiger partial charge in [-0.2, -0.15) is 0 Å². The van der Waals surface area contributed by atoms with Crippen molar-refractivity contribution in [1.82, 2.24) is 4.57 Å². The van der Waals surface area contributed by atoms with Gasteiger partial charge in [0, 0.05) is 35.4 Å². The molecule has 5 heteroatoms. The van der Waals surface area contributed by atoms with Gasteiger partial charge < -0.3 is 9.88 Å². The van der Waals surface area contributed by atoms with Crippen LogP contribution in [0.2, 0.25) is 0 Å². The molecule has 23 heavy (non-hydrogen) atoms. The van der Waals surface area contributed by atoms with Crippen molar-refractivity contribution >= 4 is 23.0 Å². The Labute approximate surface area is 132 Å². The maximum atomic E-state index is 14.4. The van der Waals surface area contributed by atoms with Crippen LogP contribution in [0, 0.1) is 5.82 Å². The zero-order chi connectivity index (χ0) is 16.4. The first-order valence-electron chi connectivity index (χ1n) is 7.27. The average molecular weight is 310 g/mol. The van der Waals surface area contributed by atoms with Gasteiger partial charge in [0.05, 0.1) is 5.52 Å². The molecule has 4 nitrogen and oxygen atoms in total. The monoisotopic (exact) mass is 310 g/mol. The highest BCUT2D eigenvalue weighted by molar-refractivity contribution is 5.85. The standard InChI is InChI=1S/C18H15FN2O2/c1-2-21-8-7-18(23)15-9-16(19)14(10-17(15)21)12-3-5-13(6-4-12)20-11-22/h3-11H,2H2,1H3,(H,20,22). The second-order valence-corrected chi connectivity index (χ2v) is 5.15. The molecular weight excluding hydrogens is 295 g/mol. The number of anilines is 1.